The molecule has 9 heteroatoms. The Morgan fingerprint density at radius 3 is 2.69 bits per heavy atom. The van der Waals surface area contributed by atoms with Gasteiger partial charge in [0.05, 0.1) is 17.8 Å². The Labute approximate surface area is 167 Å². The predicted octanol–water partition coefficient (Wildman–Crippen LogP) is 3.07. The monoisotopic (exact) mass is 411 g/mol. The van der Waals surface area contributed by atoms with Gasteiger partial charge in [0.25, 0.3) is 10.0 Å². The molecule has 1 aliphatic rings. The molecule has 0 saturated carbocycles. The molecule has 3 aromatic rings. The van der Waals surface area contributed by atoms with Gasteiger partial charge >= 0.3 is 0 Å². The van der Waals surface area contributed by atoms with E-state index in [0.29, 0.717) is 12.3 Å². The number of phenolic OH excluding ortho intramolecular Hbond substituents is 1. The number of amidine groups is 1. The number of aromatic nitrogens is 1. The highest BCUT2D eigenvalue weighted by molar-refractivity contribution is 7.90. The topological polar surface area (TPSA) is 122 Å². The van der Waals surface area contributed by atoms with Crippen molar-refractivity contribution in [3.8, 4) is 5.75 Å². The number of nitrogens with zero attached hydrogens (tertiary/aromatic N) is 2. The average Bonchev–Trinajstić information content (AvgIpc) is 3.23. The fraction of sp³-hybridized carbons (Fsp3) is 0.150. The number of hydrogen-bond donors (Lipinski definition) is 2. The number of rotatable bonds is 6. The minimum absolute atomic E-state index is 0.0384. The van der Waals surface area contributed by atoms with Crippen molar-refractivity contribution in [3.05, 3.63) is 72.4 Å². The molecular formula is C20H17N3O5S. The van der Waals surface area contributed by atoms with E-state index < -0.39 is 15.8 Å². The minimum Gasteiger partial charge on any atom is -0.508 e. The first-order chi connectivity index (χ1) is 13.9. The van der Waals surface area contributed by atoms with Crippen molar-refractivity contribution in [2.45, 2.75) is 23.7 Å². The Kier molecular flexibility index (Phi) is 4.89. The van der Waals surface area contributed by atoms with E-state index in [1.54, 1.807) is 6.20 Å². The summed E-state index contributed by atoms with van der Waals surface area (Å²) >= 11 is 0. The van der Waals surface area contributed by atoms with Crippen molar-refractivity contribution in [2.24, 2.45) is 4.40 Å². The van der Waals surface area contributed by atoms with E-state index >= 15 is 0 Å². The van der Waals surface area contributed by atoms with Crippen LogP contribution in [-0.2, 0) is 14.8 Å². The molecule has 1 atom stereocenters. The van der Waals surface area contributed by atoms with Crippen LogP contribution in [0.5, 0.6) is 5.75 Å². The maximum Gasteiger partial charge on any atom is 0.286 e. The van der Waals surface area contributed by atoms with Crippen LogP contribution in [0.3, 0.4) is 0 Å². The Morgan fingerprint density at radius 2 is 1.97 bits per heavy atom. The molecule has 0 radical (unpaired) electrons. The number of carbonyl (C=O) groups excluding carboxylic acids is 1. The molecule has 8 nitrogen and oxygen atoms in total. The summed E-state index contributed by atoms with van der Waals surface area (Å²) in [4.78, 5) is 16.7. The standard InChI is InChI=1S/C20H17N3O5S/c24-14-6-8-16-18(12-14)29(26,27)23-19(22-16)17(25)9-7-15(20-21-10-11-28-20)13-4-2-1-3-5-13/h1-6,8,10-12,15,24H,7,9H2,(H,22,23). The largest absolute Gasteiger partial charge is 0.508 e. The number of ketones is 1. The maximum absolute atomic E-state index is 12.7. The number of nitrogens with one attached hydrogen (secondary N) is 1. The van der Waals surface area contributed by atoms with Crippen molar-refractivity contribution in [3.63, 3.8) is 0 Å². The van der Waals surface area contributed by atoms with Crippen LogP contribution >= 0.6 is 0 Å². The van der Waals surface area contributed by atoms with E-state index in [9.17, 15) is 18.3 Å². The molecule has 0 spiro atoms. The second kappa shape index (κ2) is 7.51. The van der Waals surface area contributed by atoms with Crippen molar-refractivity contribution in [1.29, 1.82) is 0 Å². The third-order valence-electron chi connectivity index (χ3n) is 4.58. The number of oxazole rings is 1. The molecule has 2 N–H and O–H groups in total. The third kappa shape index (κ3) is 3.90. The van der Waals surface area contributed by atoms with Gasteiger partial charge in [-0.25, -0.2) is 4.98 Å². The van der Waals surface area contributed by atoms with Gasteiger partial charge in [0, 0.05) is 12.5 Å². The molecule has 4 rings (SSSR count). The van der Waals surface area contributed by atoms with Crippen LogP contribution in [0.25, 0.3) is 0 Å². The minimum atomic E-state index is -4.08. The number of carbonyl (C=O) groups is 1. The molecule has 0 aliphatic carbocycles. The fourth-order valence-electron chi connectivity index (χ4n) is 3.19. The first kappa shape index (κ1) is 18.9. The Bertz CT molecular complexity index is 1170. The van der Waals surface area contributed by atoms with Crippen LogP contribution in [-0.4, -0.2) is 30.1 Å². The molecule has 0 fully saturated rings. The van der Waals surface area contributed by atoms with Gasteiger partial charge in [-0.3, -0.25) is 4.79 Å². The van der Waals surface area contributed by atoms with Crippen LogP contribution in [0, 0.1) is 0 Å². The predicted molar refractivity (Wildman–Crippen MR) is 105 cm³/mol. The molecule has 1 unspecified atom stereocenters. The summed E-state index contributed by atoms with van der Waals surface area (Å²) in [7, 11) is -4.08. The zero-order valence-electron chi connectivity index (χ0n) is 15.1. The average molecular weight is 411 g/mol. The van der Waals surface area contributed by atoms with Crippen molar-refractivity contribution < 1.29 is 22.7 Å². The summed E-state index contributed by atoms with van der Waals surface area (Å²) in [6, 6.07) is 13.3. The van der Waals surface area contributed by atoms with Crippen molar-refractivity contribution in [1.82, 2.24) is 4.98 Å². The van der Waals surface area contributed by atoms with Crippen LogP contribution in [0.1, 0.15) is 30.2 Å². The van der Waals surface area contributed by atoms with E-state index in [2.05, 4.69) is 14.7 Å². The molecule has 29 heavy (non-hydrogen) atoms. The van der Waals surface area contributed by atoms with E-state index in [1.165, 1.54) is 18.4 Å². The molecule has 148 valence electrons. The molecule has 1 aliphatic heterocycles. The first-order valence-electron chi connectivity index (χ1n) is 8.86. The number of aromatic hydroxyl groups is 1. The Hall–Kier alpha value is -3.46. The lowest BCUT2D eigenvalue weighted by Crippen LogP contribution is -2.29. The van der Waals surface area contributed by atoms with Crippen molar-refractivity contribution >= 4 is 27.3 Å². The summed E-state index contributed by atoms with van der Waals surface area (Å²) in [5, 5.41) is 12.3. The van der Waals surface area contributed by atoms with Gasteiger partial charge in [-0.1, -0.05) is 30.3 Å². The SMILES string of the molecule is O=C(CCC(c1ccccc1)c1ncco1)C1=NS(=O)(=O)c2cc(O)ccc2N1. The van der Waals surface area contributed by atoms with Gasteiger partial charge in [-0.15, -0.1) is 4.40 Å². The molecule has 1 aromatic heterocycles. The number of fused-ring (bicyclic) bond motifs is 1. The van der Waals surface area contributed by atoms with E-state index in [-0.39, 0.29) is 34.5 Å². The lowest BCUT2D eigenvalue weighted by atomic mass is 9.93. The normalized spacial score (nSPS) is 15.7. The Morgan fingerprint density at radius 1 is 1.17 bits per heavy atom. The highest BCUT2D eigenvalue weighted by Crippen LogP contribution is 2.32. The summed E-state index contributed by atoms with van der Waals surface area (Å²) in [5.74, 6) is -0.658. The number of anilines is 1. The molecule has 2 aromatic carbocycles. The quantitative estimate of drug-likeness (QED) is 0.598. The first-order valence-corrected chi connectivity index (χ1v) is 10.3. The second-order valence-electron chi connectivity index (χ2n) is 6.52. The molecular weight excluding hydrogens is 394 g/mol. The maximum atomic E-state index is 12.7. The lowest BCUT2D eigenvalue weighted by molar-refractivity contribution is -0.113. The lowest BCUT2D eigenvalue weighted by Gasteiger charge is -2.18. The molecule has 2 heterocycles. The van der Waals surface area contributed by atoms with E-state index in [4.69, 9.17) is 4.42 Å². The number of hydrogen-bond acceptors (Lipinski definition) is 7. The highest BCUT2D eigenvalue weighted by Gasteiger charge is 2.29. The summed E-state index contributed by atoms with van der Waals surface area (Å²) < 4.78 is 33.8. The van der Waals surface area contributed by atoms with Crippen molar-refractivity contribution in [2.75, 3.05) is 5.32 Å². The molecule has 0 amide bonds. The zero-order valence-corrected chi connectivity index (χ0v) is 16.0. The Balaban J connectivity index is 1.55. The van der Waals surface area contributed by atoms with Gasteiger partial charge in [0.15, 0.2) is 11.6 Å². The number of benzene rings is 2. The highest BCUT2D eigenvalue weighted by atomic mass is 32.2. The van der Waals surface area contributed by atoms with E-state index in [1.807, 2.05) is 30.3 Å². The van der Waals surface area contributed by atoms with Gasteiger partial charge in [-0.05, 0) is 24.1 Å². The summed E-state index contributed by atoms with van der Waals surface area (Å²) in [6.07, 6.45) is 3.42. The number of sulfonamides is 1. The summed E-state index contributed by atoms with van der Waals surface area (Å²) in [6.45, 7) is 0. The van der Waals surface area contributed by atoms with Gasteiger partial charge in [0.2, 0.25) is 5.89 Å². The summed E-state index contributed by atoms with van der Waals surface area (Å²) in [5.41, 5.74) is 1.14. The van der Waals surface area contributed by atoms with E-state index in [0.717, 1.165) is 11.6 Å². The third-order valence-corrected chi connectivity index (χ3v) is 5.90. The van der Waals surface area contributed by atoms with Crippen LogP contribution in [0.4, 0.5) is 5.69 Å². The van der Waals surface area contributed by atoms with Gasteiger partial charge in [0.1, 0.15) is 16.9 Å². The zero-order chi connectivity index (χ0) is 20.4. The van der Waals surface area contributed by atoms with Crippen LogP contribution < -0.4 is 5.32 Å². The van der Waals surface area contributed by atoms with Crippen LogP contribution in [0.15, 0.2) is 74.7 Å². The van der Waals surface area contributed by atoms with Gasteiger partial charge < -0.3 is 14.8 Å². The number of Topliss-reactive ketones (excluding diaryl/α,β-unsaturated/α-hetero) is 1. The second-order valence-corrected chi connectivity index (χ2v) is 8.09. The number of phenols is 1. The van der Waals surface area contributed by atoms with Gasteiger partial charge in [-0.2, -0.15) is 8.42 Å². The molecule has 0 bridgehead atoms. The molecule has 0 saturated heterocycles. The fourth-order valence-corrected chi connectivity index (χ4v) is 4.34. The van der Waals surface area contributed by atoms with Crippen LogP contribution in [0.2, 0.25) is 0 Å². The smallest absolute Gasteiger partial charge is 0.286 e.